The summed E-state index contributed by atoms with van der Waals surface area (Å²) in [6, 6.07) is 9.91. The molecule has 0 aliphatic carbocycles. The van der Waals surface area contributed by atoms with Gasteiger partial charge in [-0.2, -0.15) is 0 Å². The highest BCUT2D eigenvalue weighted by Gasteiger charge is 2.30. The Bertz CT molecular complexity index is 1500. The first-order valence-corrected chi connectivity index (χ1v) is 12.9. The van der Waals surface area contributed by atoms with Gasteiger partial charge in [-0.25, -0.2) is 9.78 Å². The average molecular weight is 562 g/mol. The Hall–Kier alpha value is -5.17. The summed E-state index contributed by atoms with van der Waals surface area (Å²) in [6.07, 6.45) is 4.63. The molecule has 2 aromatic heterocycles. The average Bonchev–Trinajstić information content (AvgIpc) is 3.63. The number of aliphatic carboxylic acids is 1. The highest BCUT2D eigenvalue weighted by Crippen LogP contribution is 2.19. The van der Waals surface area contributed by atoms with E-state index in [1.165, 1.54) is 24.7 Å². The number of benzene rings is 2. The summed E-state index contributed by atoms with van der Waals surface area (Å²) in [5, 5.41) is 28.1. The lowest BCUT2D eigenvalue weighted by atomic mass is 10.0. The van der Waals surface area contributed by atoms with Gasteiger partial charge in [0.1, 0.15) is 23.9 Å². The van der Waals surface area contributed by atoms with Crippen molar-refractivity contribution in [1.82, 2.24) is 30.9 Å². The van der Waals surface area contributed by atoms with E-state index >= 15 is 0 Å². The zero-order valence-electron chi connectivity index (χ0n) is 22.0. The van der Waals surface area contributed by atoms with E-state index < -0.39 is 41.8 Å². The van der Waals surface area contributed by atoms with Crippen LogP contribution in [0.3, 0.4) is 0 Å². The summed E-state index contributed by atoms with van der Waals surface area (Å²) < 4.78 is 0. The molecule has 0 spiro atoms. The van der Waals surface area contributed by atoms with Gasteiger partial charge in [-0.15, -0.1) is 0 Å². The highest BCUT2D eigenvalue weighted by atomic mass is 16.4. The van der Waals surface area contributed by atoms with Crippen LogP contribution in [0.25, 0.3) is 10.9 Å². The van der Waals surface area contributed by atoms with Crippen molar-refractivity contribution in [2.24, 2.45) is 5.73 Å². The SMILES string of the molecule is NCC(=O)NC(Cc1ccc(O)cc1)C(=O)NC(Cc1cnc[nH]1)C(=O)NC(Cc1c[nH]c2ccccc12)C(=O)O. The lowest BCUT2D eigenvalue weighted by Crippen LogP contribution is -2.57. The smallest absolute Gasteiger partial charge is 0.326 e. The normalized spacial score (nSPS) is 13.2. The van der Waals surface area contributed by atoms with Gasteiger partial charge >= 0.3 is 5.97 Å². The van der Waals surface area contributed by atoms with Crippen molar-refractivity contribution in [3.63, 3.8) is 0 Å². The summed E-state index contributed by atoms with van der Waals surface area (Å²) in [5.41, 5.74) is 8.14. The number of hydrogen-bond acceptors (Lipinski definition) is 7. The molecule has 13 heteroatoms. The third-order valence-electron chi connectivity index (χ3n) is 6.54. The zero-order valence-corrected chi connectivity index (χ0v) is 22.0. The number of aromatic amines is 2. The minimum absolute atomic E-state index is 0.00580. The first kappa shape index (κ1) is 28.8. The number of fused-ring (bicyclic) bond motifs is 1. The minimum atomic E-state index is -1.28. The Morgan fingerprint density at radius 3 is 2.20 bits per heavy atom. The largest absolute Gasteiger partial charge is 0.508 e. The standard InChI is InChI=1S/C28H31N7O6/c29-12-25(37)33-22(9-16-5-7-19(36)8-6-16)26(38)34-23(11-18-14-30-15-32-18)27(39)35-24(28(40)41)10-17-13-31-21-4-2-1-3-20(17)21/h1-8,13-15,22-24,31,36H,9-12,29H2,(H,30,32)(H,33,37)(H,34,38)(H,35,39)(H,40,41). The maximum atomic E-state index is 13.4. The molecular weight excluding hydrogens is 530 g/mol. The fraction of sp³-hybridized carbons (Fsp3) is 0.250. The van der Waals surface area contributed by atoms with Gasteiger partial charge in [0.15, 0.2) is 0 Å². The molecule has 3 unspecified atom stereocenters. The second-order valence-corrected chi connectivity index (χ2v) is 9.50. The van der Waals surface area contributed by atoms with E-state index in [9.17, 15) is 29.4 Å². The molecule has 0 fully saturated rings. The summed E-state index contributed by atoms with van der Waals surface area (Å²) in [5.74, 6) is -3.19. The predicted molar refractivity (Wildman–Crippen MR) is 149 cm³/mol. The van der Waals surface area contributed by atoms with Crippen molar-refractivity contribution in [3.05, 3.63) is 84.1 Å². The second-order valence-electron chi connectivity index (χ2n) is 9.50. The Labute approximate surface area is 234 Å². The number of carboxylic acids is 1. The molecule has 0 aliphatic heterocycles. The molecule has 13 nitrogen and oxygen atoms in total. The quantitative estimate of drug-likeness (QED) is 0.112. The Morgan fingerprint density at radius 1 is 0.854 bits per heavy atom. The van der Waals surface area contributed by atoms with E-state index in [4.69, 9.17) is 5.73 Å². The van der Waals surface area contributed by atoms with Gasteiger partial charge in [-0.1, -0.05) is 30.3 Å². The molecule has 0 saturated heterocycles. The second kappa shape index (κ2) is 13.3. The number of H-pyrrole nitrogens is 2. The van der Waals surface area contributed by atoms with Gasteiger partial charge in [0.2, 0.25) is 17.7 Å². The molecule has 4 rings (SSSR count). The third-order valence-corrected chi connectivity index (χ3v) is 6.54. The molecule has 0 saturated carbocycles. The number of nitrogens with one attached hydrogen (secondary N) is 5. The van der Waals surface area contributed by atoms with Crippen molar-refractivity contribution in [1.29, 1.82) is 0 Å². The number of rotatable bonds is 13. The summed E-state index contributed by atoms with van der Waals surface area (Å²) >= 11 is 0. The molecule has 0 aliphatic rings. The van der Waals surface area contributed by atoms with E-state index in [1.807, 2.05) is 24.3 Å². The number of imidazole rings is 1. The fourth-order valence-electron chi connectivity index (χ4n) is 4.42. The monoisotopic (exact) mass is 561 g/mol. The van der Waals surface area contributed by atoms with Crippen molar-refractivity contribution in [3.8, 4) is 5.75 Å². The number of amides is 3. The van der Waals surface area contributed by atoms with E-state index in [0.717, 1.165) is 10.9 Å². The van der Waals surface area contributed by atoms with E-state index in [1.54, 1.807) is 18.3 Å². The maximum Gasteiger partial charge on any atom is 0.326 e. The van der Waals surface area contributed by atoms with Crippen LogP contribution in [-0.4, -0.2) is 73.5 Å². The van der Waals surface area contributed by atoms with Crippen LogP contribution in [0.2, 0.25) is 0 Å². The number of aromatic nitrogens is 3. The van der Waals surface area contributed by atoms with Gasteiger partial charge in [0, 0.05) is 48.3 Å². The Morgan fingerprint density at radius 2 is 1.54 bits per heavy atom. The molecule has 2 heterocycles. The zero-order chi connectivity index (χ0) is 29.4. The molecule has 9 N–H and O–H groups in total. The topological polar surface area (TPSA) is 215 Å². The minimum Gasteiger partial charge on any atom is -0.508 e. The molecule has 4 aromatic rings. The predicted octanol–water partition coefficient (Wildman–Crippen LogP) is 0.122. The highest BCUT2D eigenvalue weighted by molar-refractivity contribution is 5.94. The molecule has 41 heavy (non-hydrogen) atoms. The first-order valence-electron chi connectivity index (χ1n) is 12.9. The van der Waals surface area contributed by atoms with Crippen LogP contribution in [0.1, 0.15) is 16.8 Å². The molecule has 0 bridgehead atoms. The number of hydrogen-bond donors (Lipinski definition) is 8. The lowest BCUT2D eigenvalue weighted by molar-refractivity contribution is -0.142. The van der Waals surface area contributed by atoms with Crippen LogP contribution in [0.4, 0.5) is 0 Å². The van der Waals surface area contributed by atoms with Crippen LogP contribution in [-0.2, 0) is 38.4 Å². The maximum absolute atomic E-state index is 13.4. The van der Waals surface area contributed by atoms with Gasteiger partial charge in [0.25, 0.3) is 0 Å². The van der Waals surface area contributed by atoms with E-state index in [-0.39, 0.29) is 31.6 Å². The summed E-state index contributed by atoms with van der Waals surface area (Å²) in [4.78, 5) is 61.0. The van der Waals surface area contributed by atoms with Gasteiger partial charge in [-0.05, 0) is 29.3 Å². The van der Waals surface area contributed by atoms with Crippen LogP contribution in [0, 0.1) is 0 Å². The van der Waals surface area contributed by atoms with E-state index in [2.05, 4.69) is 30.9 Å². The number of aromatic hydroxyl groups is 1. The third kappa shape index (κ3) is 7.70. The lowest BCUT2D eigenvalue weighted by Gasteiger charge is -2.24. The Balaban J connectivity index is 1.53. The van der Waals surface area contributed by atoms with Crippen molar-refractivity contribution < 1.29 is 29.4 Å². The van der Waals surface area contributed by atoms with Gasteiger partial charge in [-0.3, -0.25) is 14.4 Å². The summed E-state index contributed by atoms with van der Waals surface area (Å²) in [7, 11) is 0. The number of carboxylic acid groups (broad SMARTS) is 1. The molecule has 3 atom stereocenters. The number of carbonyl (C=O) groups is 4. The molecule has 2 aromatic carbocycles. The van der Waals surface area contributed by atoms with Crippen LogP contribution in [0.15, 0.2) is 67.3 Å². The fourth-order valence-corrected chi connectivity index (χ4v) is 4.42. The van der Waals surface area contributed by atoms with Crippen LogP contribution >= 0.6 is 0 Å². The molecule has 3 amide bonds. The summed E-state index contributed by atoms with van der Waals surface area (Å²) in [6.45, 7) is -0.356. The molecule has 214 valence electrons. The number of carbonyl (C=O) groups excluding carboxylic acids is 3. The van der Waals surface area contributed by atoms with E-state index in [0.29, 0.717) is 16.8 Å². The molecule has 0 radical (unpaired) electrons. The molecular formula is C28H31N7O6. The van der Waals surface area contributed by atoms with Crippen molar-refractivity contribution in [2.45, 2.75) is 37.4 Å². The number of phenolic OH excluding ortho intramolecular Hbond substituents is 1. The van der Waals surface area contributed by atoms with Gasteiger partial charge in [0.05, 0.1) is 12.9 Å². The first-order chi connectivity index (χ1) is 19.7. The van der Waals surface area contributed by atoms with Crippen LogP contribution < -0.4 is 21.7 Å². The van der Waals surface area contributed by atoms with Crippen LogP contribution in [0.5, 0.6) is 5.75 Å². The Kier molecular flexibility index (Phi) is 9.32. The van der Waals surface area contributed by atoms with Crippen molar-refractivity contribution in [2.75, 3.05) is 6.54 Å². The number of nitrogens with two attached hydrogens (primary N) is 1. The van der Waals surface area contributed by atoms with Gasteiger partial charge < -0.3 is 41.9 Å². The number of nitrogens with zero attached hydrogens (tertiary/aromatic N) is 1. The van der Waals surface area contributed by atoms with Crippen molar-refractivity contribution >= 4 is 34.6 Å². The number of para-hydroxylation sites is 1. The number of phenols is 1.